The van der Waals surface area contributed by atoms with E-state index in [1.165, 1.54) is 0 Å². The molecule has 2 amide bonds. The lowest BCUT2D eigenvalue weighted by Gasteiger charge is -2.22. The van der Waals surface area contributed by atoms with Gasteiger partial charge in [-0.15, -0.1) is 0 Å². The number of rotatable bonds is 4. The van der Waals surface area contributed by atoms with E-state index < -0.39 is 0 Å². The van der Waals surface area contributed by atoms with Crippen molar-refractivity contribution in [2.75, 3.05) is 37.4 Å². The number of fused-ring (bicyclic) bond motifs is 1. The van der Waals surface area contributed by atoms with Crippen LogP contribution in [0.2, 0.25) is 0 Å². The molecule has 1 fully saturated rings. The Morgan fingerprint density at radius 2 is 1.62 bits per heavy atom. The summed E-state index contributed by atoms with van der Waals surface area (Å²) < 4.78 is 0. The van der Waals surface area contributed by atoms with Crippen LogP contribution in [-0.2, 0) is 0 Å². The molecule has 0 unspecified atom stereocenters. The van der Waals surface area contributed by atoms with Crippen molar-refractivity contribution in [3.8, 4) is 0 Å². The number of likely N-dealkylation sites (tertiary alicyclic amines) is 1. The number of carbonyl (C=O) groups is 2. The summed E-state index contributed by atoms with van der Waals surface area (Å²) in [5.41, 5.74) is 2.71. The van der Waals surface area contributed by atoms with Crippen molar-refractivity contribution in [1.29, 1.82) is 0 Å². The topological polar surface area (TPSA) is 52.7 Å². The van der Waals surface area contributed by atoms with Gasteiger partial charge >= 0.3 is 0 Å². The normalized spacial score (nSPS) is 13.5. The molecule has 1 aliphatic heterocycles. The molecule has 5 heteroatoms. The predicted octanol–water partition coefficient (Wildman–Crippen LogP) is 4.39. The molecule has 5 nitrogen and oxygen atoms in total. The van der Waals surface area contributed by atoms with E-state index in [1.807, 2.05) is 78.5 Å². The average molecular weight is 387 g/mol. The average Bonchev–Trinajstić information content (AvgIpc) is 3.27. The third-order valence-corrected chi connectivity index (χ3v) is 5.39. The van der Waals surface area contributed by atoms with Crippen LogP contribution in [0, 0.1) is 0 Å². The highest BCUT2D eigenvalue weighted by atomic mass is 16.2. The molecule has 3 aromatic carbocycles. The zero-order chi connectivity index (χ0) is 20.4. The first-order valence-corrected chi connectivity index (χ1v) is 9.94. The van der Waals surface area contributed by atoms with Gasteiger partial charge in [0.05, 0.1) is 5.56 Å². The fraction of sp³-hybridized carbons (Fsp3) is 0.250. The van der Waals surface area contributed by atoms with Crippen molar-refractivity contribution >= 4 is 34.0 Å². The van der Waals surface area contributed by atoms with Crippen molar-refractivity contribution in [2.24, 2.45) is 0 Å². The standard InChI is InChI=1S/C24H25N3O2/c1-26(2)22-13-12-18(16-21(22)24(29)27-14-5-6-15-27)25-23(28)20-11-7-9-17-8-3-4-10-19(17)20/h3-4,7-13,16H,5-6,14-15H2,1-2H3,(H,25,28). The van der Waals surface area contributed by atoms with Crippen LogP contribution >= 0.6 is 0 Å². The minimum absolute atomic E-state index is 0.0208. The SMILES string of the molecule is CN(C)c1ccc(NC(=O)c2cccc3ccccc23)cc1C(=O)N1CCCC1. The minimum Gasteiger partial charge on any atom is -0.377 e. The molecule has 0 atom stereocenters. The van der Waals surface area contributed by atoms with Gasteiger partial charge in [0.1, 0.15) is 0 Å². The molecule has 0 radical (unpaired) electrons. The van der Waals surface area contributed by atoms with Gasteiger partial charge in [-0.2, -0.15) is 0 Å². The Bertz CT molecular complexity index is 1060. The van der Waals surface area contributed by atoms with Crippen LogP contribution in [0.1, 0.15) is 33.6 Å². The highest BCUT2D eigenvalue weighted by Crippen LogP contribution is 2.27. The molecule has 1 saturated heterocycles. The van der Waals surface area contributed by atoms with Crippen LogP contribution in [-0.4, -0.2) is 43.9 Å². The molecule has 148 valence electrons. The van der Waals surface area contributed by atoms with Gasteiger partial charge in [-0.25, -0.2) is 0 Å². The Labute approximate surface area is 170 Å². The van der Waals surface area contributed by atoms with Crippen molar-refractivity contribution in [2.45, 2.75) is 12.8 Å². The highest BCUT2D eigenvalue weighted by molar-refractivity contribution is 6.13. The summed E-state index contributed by atoms with van der Waals surface area (Å²) >= 11 is 0. The molecule has 0 aliphatic carbocycles. The summed E-state index contributed by atoms with van der Waals surface area (Å²) in [7, 11) is 3.84. The maximum absolute atomic E-state index is 13.0. The molecule has 1 aliphatic rings. The number of amides is 2. The second-order valence-corrected chi connectivity index (χ2v) is 7.61. The van der Waals surface area contributed by atoms with Crippen LogP contribution in [0.4, 0.5) is 11.4 Å². The Balaban J connectivity index is 1.65. The summed E-state index contributed by atoms with van der Waals surface area (Å²) in [5.74, 6) is -0.161. The predicted molar refractivity (Wildman–Crippen MR) is 118 cm³/mol. The number of anilines is 2. The number of carbonyl (C=O) groups excluding carboxylic acids is 2. The van der Waals surface area contributed by atoms with Gasteiger partial charge in [0, 0.05) is 44.1 Å². The van der Waals surface area contributed by atoms with E-state index in [0.717, 1.165) is 42.4 Å². The smallest absolute Gasteiger partial charge is 0.256 e. The molecule has 29 heavy (non-hydrogen) atoms. The largest absolute Gasteiger partial charge is 0.377 e. The second kappa shape index (κ2) is 7.95. The van der Waals surface area contributed by atoms with Crippen LogP contribution in [0.15, 0.2) is 60.7 Å². The van der Waals surface area contributed by atoms with Crippen LogP contribution in [0.3, 0.4) is 0 Å². The first-order chi connectivity index (χ1) is 14.0. The summed E-state index contributed by atoms with van der Waals surface area (Å²) in [5, 5.41) is 4.90. The maximum atomic E-state index is 13.0. The second-order valence-electron chi connectivity index (χ2n) is 7.61. The van der Waals surface area contributed by atoms with E-state index in [4.69, 9.17) is 0 Å². The molecule has 0 aromatic heterocycles. The Kier molecular flexibility index (Phi) is 5.21. The monoisotopic (exact) mass is 387 g/mol. The number of hydrogen-bond donors (Lipinski definition) is 1. The van der Waals surface area contributed by atoms with E-state index in [1.54, 1.807) is 6.07 Å². The Morgan fingerprint density at radius 1 is 0.897 bits per heavy atom. The lowest BCUT2D eigenvalue weighted by Crippen LogP contribution is -2.29. The fourth-order valence-electron chi connectivity index (χ4n) is 3.89. The molecule has 0 bridgehead atoms. The van der Waals surface area contributed by atoms with Crippen LogP contribution in [0.25, 0.3) is 10.8 Å². The minimum atomic E-state index is -0.182. The zero-order valence-electron chi connectivity index (χ0n) is 16.8. The molecule has 1 heterocycles. The Hall–Kier alpha value is -3.34. The van der Waals surface area contributed by atoms with Crippen molar-refractivity contribution in [1.82, 2.24) is 4.90 Å². The van der Waals surface area contributed by atoms with Crippen molar-refractivity contribution in [3.63, 3.8) is 0 Å². The van der Waals surface area contributed by atoms with Crippen molar-refractivity contribution < 1.29 is 9.59 Å². The molecule has 0 spiro atoms. The zero-order valence-corrected chi connectivity index (χ0v) is 16.8. The van der Waals surface area contributed by atoms with E-state index in [2.05, 4.69) is 5.32 Å². The van der Waals surface area contributed by atoms with Crippen LogP contribution in [0.5, 0.6) is 0 Å². The maximum Gasteiger partial charge on any atom is 0.256 e. The molecule has 4 rings (SSSR count). The van der Waals surface area contributed by atoms with E-state index in [9.17, 15) is 9.59 Å². The fourth-order valence-corrected chi connectivity index (χ4v) is 3.89. The number of benzene rings is 3. The van der Waals surface area contributed by atoms with Crippen molar-refractivity contribution in [3.05, 3.63) is 71.8 Å². The first kappa shape index (κ1) is 19.0. The molecule has 1 N–H and O–H groups in total. The van der Waals surface area contributed by atoms with Gasteiger partial charge in [-0.3, -0.25) is 9.59 Å². The van der Waals surface area contributed by atoms with Gasteiger partial charge in [-0.1, -0.05) is 36.4 Å². The molecular weight excluding hydrogens is 362 g/mol. The summed E-state index contributed by atoms with van der Waals surface area (Å²) in [6.45, 7) is 1.58. The van der Waals surface area contributed by atoms with E-state index >= 15 is 0 Å². The van der Waals surface area contributed by atoms with Crippen LogP contribution < -0.4 is 10.2 Å². The Morgan fingerprint density at radius 3 is 2.38 bits per heavy atom. The summed E-state index contributed by atoms with van der Waals surface area (Å²) in [4.78, 5) is 29.8. The van der Waals surface area contributed by atoms with E-state index in [0.29, 0.717) is 16.8 Å². The van der Waals surface area contributed by atoms with Gasteiger partial charge < -0.3 is 15.1 Å². The van der Waals surface area contributed by atoms with Gasteiger partial charge in [0.2, 0.25) is 0 Å². The van der Waals surface area contributed by atoms with Gasteiger partial charge in [0.15, 0.2) is 0 Å². The van der Waals surface area contributed by atoms with Gasteiger partial charge in [0.25, 0.3) is 11.8 Å². The summed E-state index contributed by atoms with van der Waals surface area (Å²) in [6.07, 6.45) is 2.08. The lowest BCUT2D eigenvalue weighted by atomic mass is 10.0. The highest BCUT2D eigenvalue weighted by Gasteiger charge is 2.23. The quantitative estimate of drug-likeness (QED) is 0.722. The molecule has 0 saturated carbocycles. The van der Waals surface area contributed by atoms with E-state index in [-0.39, 0.29) is 11.8 Å². The molecular formula is C24H25N3O2. The third-order valence-electron chi connectivity index (χ3n) is 5.39. The number of nitrogens with zero attached hydrogens (tertiary/aromatic N) is 2. The number of nitrogens with one attached hydrogen (secondary N) is 1. The third kappa shape index (κ3) is 3.81. The summed E-state index contributed by atoms with van der Waals surface area (Å²) in [6, 6.07) is 19.0. The number of hydrogen-bond acceptors (Lipinski definition) is 3. The van der Waals surface area contributed by atoms with Gasteiger partial charge in [-0.05, 0) is 47.9 Å². The lowest BCUT2D eigenvalue weighted by molar-refractivity contribution is 0.0793. The first-order valence-electron chi connectivity index (χ1n) is 9.94. The molecule has 3 aromatic rings.